The zero-order valence-electron chi connectivity index (χ0n) is 11.5. The Morgan fingerprint density at radius 3 is 2.52 bits per heavy atom. The number of anilines is 1. The number of benzene rings is 2. The van der Waals surface area contributed by atoms with Crippen LogP contribution in [0.25, 0.3) is 0 Å². The van der Waals surface area contributed by atoms with Crippen molar-refractivity contribution < 1.29 is 15.0 Å². The lowest BCUT2D eigenvalue weighted by atomic mass is 10.1. The number of para-hydroxylation sites is 1. The first kappa shape index (κ1) is 14.9. The average Bonchev–Trinajstić information content (AvgIpc) is 2.50. The van der Waals surface area contributed by atoms with Crippen LogP contribution in [0.2, 0.25) is 0 Å². The van der Waals surface area contributed by atoms with Crippen molar-refractivity contribution in [2.75, 3.05) is 12.3 Å². The first-order chi connectivity index (χ1) is 10.1. The van der Waals surface area contributed by atoms with Crippen LogP contribution in [0, 0.1) is 0 Å². The Hall–Kier alpha value is -2.53. The maximum absolute atomic E-state index is 12.1. The van der Waals surface area contributed by atoms with Gasteiger partial charge in [-0.05, 0) is 24.1 Å². The van der Waals surface area contributed by atoms with Crippen LogP contribution in [0.5, 0.6) is 5.75 Å². The molecule has 0 unspecified atom stereocenters. The standard InChI is InChI=1S/C16H18N2O3/c17-14-8-4-7-13(15(14)20)16(21)18-12(10-19)9-11-5-2-1-3-6-11/h1-8,12,19-20H,9-10,17H2,(H,18,21)/t12-/m1/s1. The summed E-state index contributed by atoms with van der Waals surface area (Å²) in [5, 5.41) is 21.9. The molecule has 0 aromatic heterocycles. The van der Waals surface area contributed by atoms with Gasteiger partial charge in [0.15, 0.2) is 5.75 Å². The molecular formula is C16H18N2O3. The summed E-state index contributed by atoms with van der Waals surface area (Å²) in [7, 11) is 0. The smallest absolute Gasteiger partial charge is 0.255 e. The molecule has 0 radical (unpaired) electrons. The number of aromatic hydroxyl groups is 1. The predicted molar refractivity (Wildman–Crippen MR) is 81.0 cm³/mol. The van der Waals surface area contributed by atoms with Gasteiger partial charge < -0.3 is 21.3 Å². The van der Waals surface area contributed by atoms with Crippen molar-refractivity contribution in [3.63, 3.8) is 0 Å². The first-order valence-electron chi connectivity index (χ1n) is 6.65. The van der Waals surface area contributed by atoms with Crippen LogP contribution in [-0.2, 0) is 6.42 Å². The molecule has 5 N–H and O–H groups in total. The molecule has 2 rings (SSSR count). The van der Waals surface area contributed by atoms with E-state index in [0.29, 0.717) is 6.42 Å². The third-order valence-corrected chi connectivity index (χ3v) is 3.19. The Kier molecular flexibility index (Phi) is 4.79. The summed E-state index contributed by atoms with van der Waals surface area (Å²) in [5.41, 5.74) is 6.82. The van der Waals surface area contributed by atoms with Crippen molar-refractivity contribution in [3.8, 4) is 5.75 Å². The van der Waals surface area contributed by atoms with Gasteiger partial charge in [-0.15, -0.1) is 0 Å². The summed E-state index contributed by atoms with van der Waals surface area (Å²) >= 11 is 0. The molecule has 0 saturated carbocycles. The molecule has 21 heavy (non-hydrogen) atoms. The highest BCUT2D eigenvalue weighted by atomic mass is 16.3. The maximum Gasteiger partial charge on any atom is 0.255 e. The van der Waals surface area contributed by atoms with E-state index >= 15 is 0 Å². The van der Waals surface area contributed by atoms with Gasteiger partial charge in [0.2, 0.25) is 0 Å². The van der Waals surface area contributed by atoms with Crippen LogP contribution < -0.4 is 11.1 Å². The zero-order chi connectivity index (χ0) is 15.2. The molecule has 1 amide bonds. The van der Waals surface area contributed by atoms with E-state index in [9.17, 15) is 15.0 Å². The lowest BCUT2D eigenvalue weighted by Crippen LogP contribution is -2.39. The van der Waals surface area contributed by atoms with Crippen LogP contribution in [0.3, 0.4) is 0 Å². The van der Waals surface area contributed by atoms with E-state index < -0.39 is 11.9 Å². The Labute approximate surface area is 123 Å². The van der Waals surface area contributed by atoms with Gasteiger partial charge in [0.1, 0.15) is 0 Å². The molecule has 0 saturated heterocycles. The second-order valence-electron chi connectivity index (χ2n) is 4.79. The van der Waals surface area contributed by atoms with Crippen molar-refractivity contribution >= 4 is 11.6 Å². The van der Waals surface area contributed by atoms with Crippen molar-refractivity contribution in [2.45, 2.75) is 12.5 Å². The number of carbonyl (C=O) groups excluding carboxylic acids is 1. The number of hydrogen-bond donors (Lipinski definition) is 4. The monoisotopic (exact) mass is 286 g/mol. The highest BCUT2D eigenvalue weighted by Gasteiger charge is 2.17. The van der Waals surface area contributed by atoms with Crippen LogP contribution in [-0.4, -0.2) is 28.8 Å². The summed E-state index contributed by atoms with van der Waals surface area (Å²) in [5.74, 6) is -0.707. The molecule has 0 spiro atoms. The number of amides is 1. The average molecular weight is 286 g/mol. The Morgan fingerprint density at radius 1 is 1.14 bits per heavy atom. The minimum Gasteiger partial charge on any atom is -0.505 e. The molecule has 2 aromatic carbocycles. The second-order valence-corrected chi connectivity index (χ2v) is 4.79. The fraction of sp³-hybridized carbons (Fsp3) is 0.188. The van der Waals surface area contributed by atoms with Crippen molar-refractivity contribution in [2.24, 2.45) is 0 Å². The van der Waals surface area contributed by atoms with Gasteiger partial charge in [0.25, 0.3) is 5.91 Å². The Bertz CT molecular complexity index is 614. The molecule has 0 aliphatic rings. The minimum absolute atomic E-state index is 0.0986. The topological polar surface area (TPSA) is 95.6 Å². The van der Waals surface area contributed by atoms with E-state index in [2.05, 4.69) is 5.32 Å². The zero-order valence-corrected chi connectivity index (χ0v) is 11.5. The first-order valence-corrected chi connectivity index (χ1v) is 6.65. The van der Waals surface area contributed by atoms with E-state index in [0.717, 1.165) is 5.56 Å². The highest BCUT2D eigenvalue weighted by molar-refractivity contribution is 5.98. The molecule has 110 valence electrons. The summed E-state index contributed by atoms with van der Waals surface area (Å²) in [6.45, 7) is -0.191. The maximum atomic E-state index is 12.1. The molecule has 0 aliphatic heterocycles. The SMILES string of the molecule is Nc1cccc(C(=O)N[C@@H](CO)Cc2ccccc2)c1O. The summed E-state index contributed by atoms with van der Waals surface area (Å²) in [6.07, 6.45) is 0.506. The number of nitrogens with two attached hydrogens (primary N) is 1. The molecule has 0 heterocycles. The Balaban J connectivity index is 2.08. The van der Waals surface area contributed by atoms with E-state index in [4.69, 9.17) is 5.73 Å². The van der Waals surface area contributed by atoms with Gasteiger partial charge in [-0.2, -0.15) is 0 Å². The number of rotatable bonds is 5. The molecular weight excluding hydrogens is 268 g/mol. The molecule has 0 aliphatic carbocycles. The van der Waals surface area contributed by atoms with E-state index in [1.807, 2.05) is 30.3 Å². The summed E-state index contributed by atoms with van der Waals surface area (Å²) in [6, 6.07) is 13.7. The van der Waals surface area contributed by atoms with Crippen LogP contribution in [0.15, 0.2) is 48.5 Å². The van der Waals surface area contributed by atoms with Gasteiger partial charge in [0.05, 0.1) is 23.9 Å². The van der Waals surface area contributed by atoms with Crippen LogP contribution in [0.4, 0.5) is 5.69 Å². The van der Waals surface area contributed by atoms with E-state index in [1.54, 1.807) is 6.07 Å². The lowest BCUT2D eigenvalue weighted by Gasteiger charge is -2.17. The third-order valence-electron chi connectivity index (χ3n) is 3.19. The van der Waals surface area contributed by atoms with E-state index in [-0.39, 0.29) is 23.6 Å². The highest BCUT2D eigenvalue weighted by Crippen LogP contribution is 2.24. The molecule has 0 fully saturated rings. The minimum atomic E-state index is -0.463. The fourth-order valence-electron chi connectivity index (χ4n) is 2.07. The number of nitrogen functional groups attached to an aromatic ring is 1. The number of phenolic OH excluding ortho intramolecular Hbond substituents is 1. The summed E-state index contributed by atoms with van der Waals surface area (Å²) < 4.78 is 0. The second kappa shape index (κ2) is 6.76. The Morgan fingerprint density at radius 2 is 1.86 bits per heavy atom. The number of aliphatic hydroxyl groups excluding tert-OH is 1. The molecule has 5 nitrogen and oxygen atoms in total. The van der Waals surface area contributed by atoms with Crippen LogP contribution >= 0.6 is 0 Å². The molecule has 1 atom stereocenters. The van der Waals surface area contributed by atoms with Gasteiger partial charge >= 0.3 is 0 Å². The third kappa shape index (κ3) is 3.73. The van der Waals surface area contributed by atoms with Crippen molar-refractivity contribution in [3.05, 3.63) is 59.7 Å². The fourth-order valence-corrected chi connectivity index (χ4v) is 2.07. The molecule has 5 heteroatoms. The predicted octanol–water partition coefficient (Wildman–Crippen LogP) is 1.31. The van der Waals surface area contributed by atoms with Gasteiger partial charge in [-0.3, -0.25) is 4.79 Å². The quantitative estimate of drug-likeness (QED) is 0.492. The number of nitrogens with one attached hydrogen (secondary N) is 1. The largest absolute Gasteiger partial charge is 0.505 e. The van der Waals surface area contributed by atoms with Gasteiger partial charge in [0, 0.05) is 0 Å². The van der Waals surface area contributed by atoms with E-state index in [1.165, 1.54) is 12.1 Å². The number of hydrogen-bond acceptors (Lipinski definition) is 4. The lowest BCUT2D eigenvalue weighted by molar-refractivity contribution is 0.0914. The van der Waals surface area contributed by atoms with Gasteiger partial charge in [-0.1, -0.05) is 36.4 Å². The van der Waals surface area contributed by atoms with Crippen molar-refractivity contribution in [1.29, 1.82) is 0 Å². The molecule has 0 bridgehead atoms. The summed E-state index contributed by atoms with van der Waals surface area (Å²) in [4.78, 5) is 12.1. The number of phenols is 1. The number of carbonyl (C=O) groups is 1. The van der Waals surface area contributed by atoms with Gasteiger partial charge in [-0.25, -0.2) is 0 Å². The number of aliphatic hydroxyl groups is 1. The normalized spacial score (nSPS) is 11.9. The van der Waals surface area contributed by atoms with Crippen LogP contribution in [0.1, 0.15) is 15.9 Å². The molecule has 2 aromatic rings. The van der Waals surface area contributed by atoms with Crippen molar-refractivity contribution in [1.82, 2.24) is 5.32 Å².